The Kier molecular flexibility index (Phi) is 5.16. The van der Waals surface area contributed by atoms with Gasteiger partial charge in [-0.3, -0.25) is 4.79 Å². The van der Waals surface area contributed by atoms with Crippen LogP contribution in [0, 0.1) is 0 Å². The summed E-state index contributed by atoms with van der Waals surface area (Å²) in [6, 6.07) is 5.95. The Morgan fingerprint density at radius 1 is 1.09 bits per heavy atom. The van der Waals surface area contributed by atoms with E-state index >= 15 is 0 Å². The summed E-state index contributed by atoms with van der Waals surface area (Å²) in [7, 11) is 0. The van der Waals surface area contributed by atoms with E-state index in [4.69, 9.17) is 9.47 Å². The number of ether oxygens (including phenoxy) is 2. The first-order chi connectivity index (χ1) is 10.8. The molecule has 1 aromatic carbocycles. The summed E-state index contributed by atoms with van der Waals surface area (Å²) < 4.78 is 10.7. The molecule has 1 amide bonds. The van der Waals surface area contributed by atoms with Crippen molar-refractivity contribution >= 4 is 5.91 Å². The van der Waals surface area contributed by atoms with Crippen molar-refractivity contribution in [1.29, 1.82) is 0 Å². The molecule has 0 spiro atoms. The molecule has 3 rings (SSSR count). The average molecular weight is 304 g/mol. The molecule has 22 heavy (non-hydrogen) atoms. The molecule has 5 nitrogen and oxygen atoms in total. The van der Waals surface area contributed by atoms with E-state index in [1.165, 1.54) is 12.8 Å². The van der Waals surface area contributed by atoms with Gasteiger partial charge in [0.2, 0.25) is 12.7 Å². The van der Waals surface area contributed by atoms with Crippen molar-refractivity contribution in [1.82, 2.24) is 10.2 Å². The van der Waals surface area contributed by atoms with E-state index < -0.39 is 0 Å². The molecule has 0 radical (unpaired) electrons. The molecule has 0 bridgehead atoms. The van der Waals surface area contributed by atoms with Crippen LogP contribution in [0.1, 0.15) is 37.7 Å². The minimum absolute atomic E-state index is 0.278. The SMILES string of the molecule is O=C(CCNCc1ccc2c(c1)OCO2)N1CCCCCC1. The van der Waals surface area contributed by atoms with Crippen LogP contribution in [0.15, 0.2) is 18.2 Å². The third kappa shape index (κ3) is 3.91. The minimum atomic E-state index is 0.278. The van der Waals surface area contributed by atoms with Crippen LogP contribution in [0.4, 0.5) is 0 Å². The highest BCUT2D eigenvalue weighted by molar-refractivity contribution is 5.76. The molecule has 0 unspecified atom stereocenters. The molecule has 2 aliphatic heterocycles. The predicted octanol–water partition coefficient (Wildman–Crippen LogP) is 2.30. The fourth-order valence-electron chi connectivity index (χ4n) is 2.96. The summed E-state index contributed by atoms with van der Waals surface area (Å²) in [6.45, 7) is 3.62. The van der Waals surface area contributed by atoms with Crippen molar-refractivity contribution in [2.75, 3.05) is 26.4 Å². The third-order valence-electron chi connectivity index (χ3n) is 4.24. The standard InChI is InChI=1S/C17H24N2O3/c20-17(19-9-3-1-2-4-10-19)7-8-18-12-14-5-6-15-16(11-14)22-13-21-15/h5-6,11,18H,1-4,7-10,12-13H2. The van der Waals surface area contributed by atoms with Crippen molar-refractivity contribution in [3.8, 4) is 11.5 Å². The van der Waals surface area contributed by atoms with Gasteiger partial charge < -0.3 is 19.7 Å². The molecule has 1 saturated heterocycles. The van der Waals surface area contributed by atoms with E-state index in [1.807, 2.05) is 23.1 Å². The van der Waals surface area contributed by atoms with Gasteiger partial charge in [-0.1, -0.05) is 18.9 Å². The number of nitrogens with one attached hydrogen (secondary N) is 1. The molecule has 2 heterocycles. The topological polar surface area (TPSA) is 50.8 Å². The Balaban J connectivity index is 1.39. The normalized spacial score (nSPS) is 17.4. The van der Waals surface area contributed by atoms with Crippen LogP contribution in [-0.4, -0.2) is 37.2 Å². The maximum absolute atomic E-state index is 12.2. The van der Waals surface area contributed by atoms with E-state index in [0.717, 1.165) is 49.5 Å². The molecule has 0 atom stereocenters. The van der Waals surface area contributed by atoms with Crippen LogP contribution in [0.3, 0.4) is 0 Å². The molecule has 0 saturated carbocycles. The Morgan fingerprint density at radius 2 is 1.86 bits per heavy atom. The van der Waals surface area contributed by atoms with Gasteiger partial charge in [0, 0.05) is 32.6 Å². The summed E-state index contributed by atoms with van der Waals surface area (Å²) in [4.78, 5) is 14.2. The maximum atomic E-state index is 12.2. The number of carbonyl (C=O) groups excluding carboxylic acids is 1. The van der Waals surface area contributed by atoms with Gasteiger partial charge in [-0.05, 0) is 30.5 Å². The number of fused-ring (bicyclic) bond motifs is 1. The second-order valence-electron chi connectivity index (χ2n) is 5.91. The average Bonchev–Trinajstić information content (AvgIpc) is 2.82. The predicted molar refractivity (Wildman–Crippen MR) is 83.9 cm³/mol. The van der Waals surface area contributed by atoms with Crippen molar-refractivity contribution in [3.63, 3.8) is 0 Å². The fourth-order valence-corrected chi connectivity index (χ4v) is 2.96. The number of carbonyl (C=O) groups is 1. The Labute approximate surface area is 131 Å². The second-order valence-corrected chi connectivity index (χ2v) is 5.91. The number of hydrogen-bond donors (Lipinski definition) is 1. The Morgan fingerprint density at radius 3 is 2.68 bits per heavy atom. The van der Waals surface area contributed by atoms with Gasteiger partial charge >= 0.3 is 0 Å². The van der Waals surface area contributed by atoms with Crippen LogP contribution in [0.2, 0.25) is 0 Å². The zero-order valence-electron chi connectivity index (χ0n) is 13.0. The largest absolute Gasteiger partial charge is 0.454 e. The van der Waals surface area contributed by atoms with Gasteiger partial charge in [0.25, 0.3) is 0 Å². The monoisotopic (exact) mass is 304 g/mol. The van der Waals surface area contributed by atoms with Crippen molar-refractivity contribution in [2.24, 2.45) is 0 Å². The van der Waals surface area contributed by atoms with E-state index in [2.05, 4.69) is 5.32 Å². The Bertz CT molecular complexity index is 511. The zero-order valence-corrected chi connectivity index (χ0v) is 13.0. The second kappa shape index (κ2) is 7.49. The highest BCUT2D eigenvalue weighted by Crippen LogP contribution is 2.32. The minimum Gasteiger partial charge on any atom is -0.454 e. The highest BCUT2D eigenvalue weighted by atomic mass is 16.7. The third-order valence-corrected chi connectivity index (χ3v) is 4.24. The molecule has 1 fully saturated rings. The fraction of sp³-hybridized carbons (Fsp3) is 0.588. The molecule has 1 N–H and O–H groups in total. The lowest BCUT2D eigenvalue weighted by Gasteiger charge is -2.20. The van der Waals surface area contributed by atoms with Crippen molar-refractivity contribution in [2.45, 2.75) is 38.6 Å². The first-order valence-corrected chi connectivity index (χ1v) is 8.20. The van der Waals surface area contributed by atoms with Gasteiger partial charge in [-0.2, -0.15) is 0 Å². The lowest BCUT2D eigenvalue weighted by atomic mass is 10.2. The lowest BCUT2D eigenvalue weighted by molar-refractivity contribution is -0.131. The number of rotatable bonds is 5. The van der Waals surface area contributed by atoms with Crippen molar-refractivity contribution < 1.29 is 14.3 Å². The van der Waals surface area contributed by atoms with E-state index in [9.17, 15) is 4.79 Å². The van der Waals surface area contributed by atoms with Gasteiger partial charge in [0.1, 0.15) is 0 Å². The van der Waals surface area contributed by atoms with Crippen LogP contribution in [0.25, 0.3) is 0 Å². The molecule has 5 heteroatoms. The van der Waals surface area contributed by atoms with Crippen molar-refractivity contribution in [3.05, 3.63) is 23.8 Å². The molecule has 0 aliphatic carbocycles. The quantitative estimate of drug-likeness (QED) is 0.848. The summed E-state index contributed by atoms with van der Waals surface area (Å²) in [5.74, 6) is 1.89. The highest BCUT2D eigenvalue weighted by Gasteiger charge is 2.15. The number of nitrogens with zero attached hydrogens (tertiary/aromatic N) is 1. The molecular formula is C17H24N2O3. The van der Waals surface area contributed by atoms with Crippen LogP contribution in [-0.2, 0) is 11.3 Å². The van der Waals surface area contributed by atoms with Gasteiger partial charge in [-0.15, -0.1) is 0 Å². The van der Waals surface area contributed by atoms with E-state index in [-0.39, 0.29) is 5.91 Å². The maximum Gasteiger partial charge on any atom is 0.231 e. The summed E-state index contributed by atoms with van der Waals surface area (Å²) >= 11 is 0. The Hall–Kier alpha value is -1.75. The van der Waals surface area contributed by atoms with Gasteiger partial charge in [-0.25, -0.2) is 0 Å². The van der Waals surface area contributed by atoms with Gasteiger partial charge in [0.15, 0.2) is 11.5 Å². The number of benzene rings is 1. The smallest absolute Gasteiger partial charge is 0.231 e. The molecular weight excluding hydrogens is 280 g/mol. The van der Waals surface area contributed by atoms with Crippen LogP contribution in [0.5, 0.6) is 11.5 Å². The number of amides is 1. The van der Waals surface area contributed by atoms with Gasteiger partial charge in [0.05, 0.1) is 0 Å². The van der Waals surface area contributed by atoms with E-state index in [0.29, 0.717) is 19.8 Å². The molecule has 1 aromatic rings. The first kappa shape index (κ1) is 15.2. The van der Waals surface area contributed by atoms with E-state index in [1.54, 1.807) is 0 Å². The molecule has 0 aromatic heterocycles. The molecule has 120 valence electrons. The number of hydrogen-bond acceptors (Lipinski definition) is 4. The van der Waals surface area contributed by atoms with Crippen LogP contribution >= 0.6 is 0 Å². The lowest BCUT2D eigenvalue weighted by Crippen LogP contribution is -2.33. The summed E-state index contributed by atoms with van der Waals surface area (Å²) in [5, 5.41) is 3.33. The first-order valence-electron chi connectivity index (χ1n) is 8.20. The molecule has 2 aliphatic rings. The zero-order chi connectivity index (χ0) is 15.2. The number of likely N-dealkylation sites (tertiary alicyclic amines) is 1. The summed E-state index contributed by atoms with van der Waals surface area (Å²) in [6.07, 6.45) is 5.38. The summed E-state index contributed by atoms with van der Waals surface area (Å²) in [5.41, 5.74) is 1.14. The van der Waals surface area contributed by atoms with Crippen LogP contribution < -0.4 is 14.8 Å².